The van der Waals surface area contributed by atoms with Crippen LogP contribution in [0.4, 0.5) is 0 Å². The molecular formula is C7H8ClPS. The van der Waals surface area contributed by atoms with Gasteiger partial charge < -0.3 is 0 Å². The van der Waals surface area contributed by atoms with Crippen LogP contribution in [0, 0.1) is 0 Å². The first-order valence-electron chi connectivity index (χ1n) is 2.91. The molecule has 0 radical (unpaired) electrons. The number of rotatable bonds is 2. The van der Waals surface area contributed by atoms with Crippen molar-refractivity contribution in [2.45, 2.75) is 4.90 Å². The van der Waals surface area contributed by atoms with Gasteiger partial charge in [-0.2, -0.15) is 0 Å². The van der Waals surface area contributed by atoms with E-state index in [1.807, 2.05) is 24.3 Å². The summed E-state index contributed by atoms with van der Waals surface area (Å²) in [5, 5.41) is 0.799. The molecule has 0 N–H and O–H groups in total. The maximum atomic E-state index is 5.70. The van der Waals surface area contributed by atoms with Crippen molar-refractivity contribution >= 4 is 32.6 Å². The first-order valence-corrected chi connectivity index (χ1v) is 5.09. The molecule has 3 heteroatoms. The molecule has 0 saturated carbocycles. The van der Waals surface area contributed by atoms with Gasteiger partial charge in [0.05, 0.1) is 0 Å². The third kappa shape index (κ3) is 2.49. The van der Waals surface area contributed by atoms with E-state index in [2.05, 4.69) is 9.24 Å². The molecule has 0 aliphatic carbocycles. The second kappa shape index (κ2) is 4.23. The molecule has 0 aliphatic heterocycles. The van der Waals surface area contributed by atoms with Gasteiger partial charge in [-0.25, -0.2) is 0 Å². The second-order valence-electron chi connectivity index (χ2n) is 1.76. The smallest absolute Gasteiger partial charge is 0.0406 e. The largest absolute Gasteiger partial charge is 0.127 e. The van der Waals surface area contributed by atoms with E-state index >= 15 is 0 Å². The Labute approximate surface area is 72.6 Å². The summed E-state index contributed by atoms with van der Waals surface area (Å²) in [6.07, 6.45) is 0. The van der Waals surface area contributed by atoms with E-state index in [0.717, 1.165) is 10.5 Å². The van der Waals surface area contributed by atoms with Crippen molar-refractivity contribution in [2.75, 3.05) is 5.49 Å². The lowest BCUT2D eigenvalue weighted by Crippen LogP contribution is -1.68. The normalized spacial score (nSPS) is 9.80. The van der Waals surface area contributed by atoms with Crippen LogP contribution in [0.1, 0.15) is 0 Å². The summed E-state index contributed by atoms with van der Waals surface area (Å²) in [6.45, 7) is 0. The van der Waals surface area contributed by atoms with Crippen LogP contribution in [-0.2, 0) is 0 Å². The molecule has 0 bridgehead atoms. The fourth-order valence-corrected chi connectivity index (χ4v) is 1.85. The van der Waals surface area contributed by atoms with Crippen molar-refractivity contribution in [1.29, 1.82) is 0 Å². The minimum absolute atomic E-state index is 0.799. The molecule has 0 spiro atoms. The topological polar surface area (TPSA) is 0 Å². The van der Waals surface area contributed by atoms with Gasteiger partial charge in [0.1, 0.15) is 0 Å². The molecular weight excluding hydrogens is 183 g/mol. The van der Waals surface area contributed by atoms with Crippen molar-refractivity contribution in [3.05, 3.63) is 29.3 Å². The van der Waals surface area contributed by atoms with Crippen LogP contribution in [0.2, 0.25) is 5.02 Å². The maximum Gasteiger partial charge on any atom is 0.0406 e. The predicted octanol–water partition coefficient (Wildman–Crippen LogP) is 3.26. The van der Waals surface area contributed by atoms with Gasteiger partial charge in [0, 0.05) is 15.4 Å². The quantitative estimate of drug-likeness (QED) is 0.510. The molecule has 1 aromatic carbocycles. The fraction of sp³-hybridized carbons (Fsp3) is 0.143. The van der Waals surface area contributed by atoms with E-state index in [-0.39, 0.29) is 0 Å². The Morgan fingerprint density at radius 2 is 1.90 bits per heavy atom. The zero-order valence-corrected chi connectivity index (χ0v) is 8.11. The first-order chi connectivity index (χ1) is 4.83. The van der Waals surface area contributed by atoms with E-state index in [0.29, 0.717) is 0 Å². The van der Waals surface area contributed by atoms with Gasteiger partial charge in [0.25, 0.3) is 0 Å². The van der Waals surface area contributed by atoms with Crippen molar-refractivity contribution in [3.63, 3.8) is 0 Å². The van der Waals surface area contributed by atoms with E-state index in [1.165, 1.54) is 4.90 Å². The summed E-state index contributed by atoms with van der Waals surface area (Å²) in [4.78, 5) is 1.26. The van der Waals surface area contributed by atoms with Crippen LogP contribution >= 0.6 is 32.6 Å². The van der Waals surface area contributed by atoms with Crippen LogP contribution in [0.15, 0.2) is 29.2 Å². The molecule has 1 atom stereocenters. The lowest BCUT2D eigenvalue weighted by molar-refractivity contribution is 1.47. The number of halogens is 1. The van der Waals surface area contributed by atoms with Crippen LogP contribution in [0.5, 0.6) is 0 Å². The van der Waals surface area contributed by atoms with E-state index < -0.39 is 0 Å². The van der Waals surface area contributed by atoms with Crippen LogP contribution in [-0.4, -0.2) is 5.49 Å². The highest BCUT2D eigenvalue weighted by Crippen LogP contribution is 2.21. The lowest BCUT2D eigenvalue weighted by atomic mass is 10.4. The third-order valence-electron chi connectivity index (χ3n) is 1.06. The summed E-state index contributed by atoms with van der Waals surface area (Å²) in [5.74, 6) is 0. The number of hydrogen-bond donors (Lipinski definition) is 0. The standard InChI is InChI=1S/C7H8ClPS/c8-6-1-3-7(4-2-6)10-5-9/h1-4H,5,9H2. The van der Waals surface area contributed by atoms with Gasteiger partial charge in [-0.1, -0.05) is 11.6 Å². The highest BCUT2D eigenvalue weighted by atomic mass is 35.5. The van der Waals surface area contributed by atoms with Crippen LogP contribution in [0.25, 0.3) is 0 Å². The summed E-state index contributed by atoms with van der Waals surface area (Å²) in [5.41, 5.74) is 1.03. The molecule has 10 heavy (non-hydrogen) atoms. The summed E-state index contributed by atoms with van der Waals surface area (Å²) >= 11 is 7.49. The molecule has 0 saturated heterocycles. The molecule has 0 amide bonds. The van der Waals surface area contributed by atoms with Crippen molar-refractivity contribution in [3.8, 4) is 0 Å². The average molecular weight is 191 g/mol. The number of hydrogen-bond acceptors (Lipinski definition) is 1. The van der Waals surface area contributed by atoms with E-state index in [9.17, 15) is 0 Å². The SMILES string of the molecule is PCSc1ccc(Cl)cc1. The third-order valence-corrected chi connectivity index (χ3v) is 2.59. The Morgan fingerprint density at radius 3 is 2.40 bits per heavy atom. The number of thioether (sulfide) groups is 1. The molecule has 0 aromatic heterocycles. The van der Waals surface area contributed by atoms with E-state index in [4.69, 9.17) is 11.6 Å². The van der Waals surface area contributed by atoms with Crippen LogP contribution < -0.4 is 0 Å². The van der Waals surface area contributed by atoms with Gasteiger partial charge in [0.2, 0.25) is 0 Å². The fourth-order valence-electron chi connectivity index (χ4n) is 0.627. The molecule has 0 fully saturated rings. The van der Waals surface area contributed by atoms with Gasteiger partial charge >= 0.3 is 0 Å². The van der Waals surface area contributed by atoms with Gasteiger partial charge in [-0.05, 0) is 24.3 Å². The Hall–Kier alpha value is 0.290. The molecule has 1 aromatic rings. The van der Waals surface area contributed by atoms with Gasteiger partial charge in [-0.3, -0.25) is 0 Å². The molecule has 0 nitrogen and oxygen atoms in total. The van der Waals surface area contributed by atoms with Crippen molar-refractivity contribution < 1.29 is 0 Å². The van der Waals surface area contributed by atoms with Crippen molar-refractivity contribution in [1.82, 2.24) is 0 Å². The maximum absolute atomic E-state index is 5.70. The highest BCUT2D eigenvalue weighted by Gasteiger charge is 1.89. The highest BCUT2D eigenvalue weighted by molar-refractivity contribution is 8.02. The average Bonchev–Trinajstić information content (AvgIpc) is 1.95. The molecule has 54 valence electrons. The Bertz CT molecular complexity index is 197. The molecule has 0 aliphatic rings. The van der Waals surface area contributed by atoms with E-state index in [1.54, 1.807) is 11.8 Å². The monoisotopic (exact) mass is 190 g/mol. The molecule has 0 heterocycles. The molecule has 1 unspecified atom stereocenters. The summed E-state index contributed by atoms with van der Waals surface area (Å²) in [7, 11) is 2.67. The first kappa shape index (κ1) is 8.39. The zero-order chi connectivity index (χ0) is 7.40. The van der Waals surface area contributed by atoms with Gasteiger partial charge in [-0.15, -0.1) is 21.0 Å². The lowest BCUT2D eigenvalue weighted by Gasteiger charge is -1.95. The van der Waals surface area contributed by atoms with Crippen LogP contribution in [0.3, 0.4) is 0 Å². The Kier molecular flexibility index (Phi) is 3.55. The second-order valence-corrected chi connectivity index (χ2v) is 4.29. The predicted molar refractivity (Wildman–Crippen MR) is 51.9 cm³/mol. The summed E-state index contributed by atoms with van der Waals surface area (Å²) < 4.78 is 0. The molecule has 1 rings (SSSR count). The minimum Gasteiger partial charge on any atom is -0.127 e. The zero-order valence-electron chi connectivity index (χ0n) is 5.38. The minimum atomic E-state index is 0.799. The van der Waals surface area contributed by atoms with Gasteiger partial charge in [0.15, 0.2) is 0 Å². The Morgan fingerprint density at radius 1 is 1.30 bits per heavy atom. The number of benzene rings is 1. The van der Waals surface area contributed by atoms with Crippen molar-refractivity contribution in [2.24, 2.45) is 0 Å². The summed E-state index contributed by atoms with van der Waals surface area (Å²) in [6, 6.07) is 7.86. The Balaban J connectivity index is 2.69.